The average Bonchev–Trinajstić information content (AvgIpc) is 2.70. The molecular formula is C12H16N2O. The van der Waals surface area contributed by atoms with Gasteiger partial charge in [0.15, 0.2) is 0 Å². The molecule has 80 valence electrons. The third-order valence-corrected chi connectivity index (χ3v) is 2.87. The number of fused-ring (bicyclic) bond motifs is 1. The molecule has 2 aromatic rings. The minimum absolute atomic E-state index is 0.0456. The summed E-state index contributed by atoms with van der Waals surface area (Å²) in [5.41, 5.74) is 2.02. The summed E-state index contributed by atoms with van der Waals surface area (Å²) in [5, 5.41) is 14.2. The van der Waals surface area contributed by atoms with E-state index in [9.17, 15) is 5.11 Å². The molecule has 2 rings (SSSR count). The SMILES string of the molecule is CN[C@H](C)[C@@H](O)c1c[nH]c2ccccc12. The minimum atomic E-state index is -0.480. The molecule has 0 radical (unpaired) electrons. The van der Waals surface area contributed by atoms with E-state index in [0.29, 0.717) is 0 Å². The van der Waals surface area contributed by atoms with Gasteiger partial charge in [-0.3, -0.25) is 0 Å². The van der Waals surface area contributed by atoms with Gasteiger partial charge in [0.1, 0.15) is 0 Å². The van der Waals surface area contributed by atoms with Crippen molar-refractivity contribution in [2.24, 2.45) is 0 Å². The van der Waals surface area contributed by atoms with Crippen LogP contribution in [0.25, 0.3) is 10.9 Å². The zero-order valence-electron chi connectivity index (χ0n) is 8.99. The Labute approximate surface area is 89.1 Å². The van der Waals surface area contributed by atoms with Crippen LogP contribution in [0.1, 0.15) is 18.6 Å². The molecule has 0 aliphatic rings. The summed E-state index contributed by atoms with van der Waals surface area (Å²) in [6.45, 7) is 1.96. The first-order chi connectivity index (χ1) is 7.24. The lowest BCUT2D eigenvalue weighted by Gasteiger charge is -2.17. The van der Waals surface area contributed by atoms with Gasteiger partial charge in [-0.15, -0.1) is 0 Å². The molecule has 1 heterocycles. The van der Waals surface area contributed by atoms with Crippen molar-refractivity contribution in [3.05, 3.63) is 36.0 Å². The van der Waals surface area contributed by atoms with Crippen molar-refractivity contribution in [1.82, 2.24) is 10.3 Å². The summed E-state index contributed by atoms with van der Waals surface area (Å²) in [4.78, 5) is 3.16. The molecule has 0 aliphatic carbocycles. The van der Waals surface area contributed by atoms with Crippen molar-refractivity contribution in [2.45, 2.75) is 19.1 Å². The van der Waals surface area contributed by atoms with Gasteiger partial charge in [0.25, 0.3) is 0 Å². The van der Waals surface area contributed by atoms with Crippen molar-refractivity contribution in [3.63, 3.8) is 0 Å². The molecule has 3 heteroatoms. The van der Waals surface area contributed by atoms with Gasteiger partial charge in [-0.1, -0.05) is 18.2 Å². The Balaban J connectivity index is 2.43. The number of aliphatic hydroxyl groups excluding tert-OH is 1. The van der Waals surface area contributed by atoms with Gasteiger partial charge in [-0.05, 0) is 20.0 Å². The lowest BCUT2D eigenvalue weighted by molar-refractivity contribution is 0.141. The highest BCUT2D eigenvalue weighted by atomic mass is 16.3. The van der Waals surface area contributed by atoms with Crippen LogP contribution in [0, 0.1) is 0 Å². The zero-order chi connectivity index (χ0) is 10.8. The number of aliphatic hydroxyl groups is 1. The maximum Gasteiger partial charge on any atom is 0.0960 e. The van der Waals surface area contributed by atoms with Crippen LogP contribution in [0.3, 0.4) is 0 Å². The maximum absolute atomic E-state index is 10.1. The number of aromatic nitrogens is 1. The third kappa shape index (κ3) is 1.76. The standard InChI is InChI=1S/C12H16N2O/c1-8(13-2)12(15)10-7-14-11-6-4-3-5-9(10)11/h3-8,12-15H,1-2H3/t8-,12-/m1/s1. The topological polar surface area (TPSA) is 48.0 Å². The molecule has 0 spiro atoms. The highest BCUT2D eigenvalue weighted by Gasteiger charge is 2.17. The number of rotatable bonds is 3. The average molecular weight is 204 g/mol. The fraction of sp³-hybridized carbons (Fsp3) is 0.333. The van der Waals surface area contributed by atoms with Crippen LogP contribution in [0.2, 0.25) is 0 Å². The molecule has 0 saturated carbocycles. The summed E-state index contributed by atoms with van der Waals surface area (Å²) in [6, 6.07) is 8.04. The summed E-state index contributed by atoms with van der Waals surface area (Å²) in [5.74, 6) is 0. The molecule has 0 amide bonds. The van der Waals surface area contributed by atoms with E-state index in [2.05, 4.69) is 10.3 Å². The highest BCUT2D eigenvalue weighted by molar-refractivity contribution is 5.83. The quantitative estimate of drug-likeness (QED) is 0.714. The Bertz CT molecular complexity index is 450. The molecular weight excluding hydrogens is 188 g/mol. The lowest BCUT2D eigenvalue weighted by atomic mass is 10.0. The molecule has 3 nitrogen and oxygen atoms in total. The summed E-state index contributed by atoms with van der Waals surface area (Å²) < 4.78 is 0. The number of para-hydroxylation sites is 1. The van der Waals surface area contributed by atoms with Crippen LogP contribution in [0.15, 0.2) is 30.5 Å². The maximum atomic E-state index is 10.1. The Morgan fingerprint density at radius 2 is 2.07 bits per heavy atom. The normalized spacial score (nSPS) is 15.4. The Morgan fingerprint density at radius 3 is 2.80 bits per heavy atom. The Hall–Kier alpha value is -1.32. The second-order valence-electron chi connectivity index (χ2n) is 3.81. The predicted molar refractivity (Wildman–Crippen MR) is 61.8 cm³/mol. The number of likely N-dealkylation sites (N-methyl/N-ethyl adjacent to an activating group) is 1. The molecule has 15 heavy (non-hydrogen) atoms. The first-order valence-electron chi connectivity index (χ1n) is 5.15. The van der Waals surface area contributed by atoms with E-state index in [0.717, 1.165) is 16.5 Å². The van der Waals surface area contributed by atoms with E-state index in [-0.39, 0.29) is 6.04 Å². The molecule has 3 N–H and O–H groups in total. The largest absolute Gasteiger partial charge is 0.387 e. The Morgan fingerprint density at radius 1 is 1.33 bits per heavy atom. The van der Waals surface area contributed by atoms with E-state index >= 15 is 0 Å². The van der Waals surface area contributed by atoms with E-state index in [1.54, 1.807) is 0 Å². The number of hydrogen-bond acceptors (Lipinski definition) is 2. The van der Waals surface area contributed by atoms with Gasteiger partial charge in [0, 0.05) is 28.7 Å². The molecule has 1 aromatic heterocycles. The molecule has 0 saturated heterocycles. The van der Waals surface area contributed by atoms with Crippen LogP contribution in [0.4, 0.5) is 0 Å². The number of nitrogens with one attached hydrogen (secondary N) is 2. The van der Waals surface area contributed by atoms with Crippen molar-refractivity contribution < 1.29 is 5.11 Å². The van der Waals surface area contributed by atoms with Crippen molar-refractivity contribution in [2.75, 3.05) is 7.05 Å². The first kappa shape index (κ1) is 10.2. The van der Waals surface area contributed by atoms with Crippen molar-refractivity contribution >= 4 is 10.9 Å². The molecule has 0 aliphatic heterocycles. The summed E-state index contributed by atoms with van der Waals surface area (Å²) >= 11 is 0. The Kier molecular flexibility index (Phi) is 2.75. The van der Waals surface area contributed by atoms with Gasteiger partial charge in [-0.25, -0.2) is 0 Å². The smallest absolute Gasteiger partial charge is 0.0960 e. The van der Waals surface area contributed by atoms with Gasteiger partial charge < -0.3 is 15.4 Å². The summed E-state index contributed by atoms with van der Waals surface area (Å²) in [7, 11) is 1.85. The number of H-pyrrole nitrogens is 1. The highest BCUT2D eigenvalue weighted by Crippen LogP contribution is 2.25. The molecule has 1 aromatic carbocycles. The zero-order valence-corrected chi connectivity index (χ0v) is 8.99. The molecule has 0 bridgehead atoms. The lowest BCUT2D eigenvalue weighted by Crippen LogP contribution is -2.28. The van der Waals surface area contributed by atoms with E-state index in [4.69, 9.17) is 0 Å². The fourth-order valence-corrected chi connectivity index (χ4v) is 1.77. The van der Waals surface area contributed by atoms with Gasteiger partial charge in [0.05, 0.1) is 6.10 Å². The molecule has 0 fully saturated rings. The van der Waals surface area contributed by atoms with Gasteiger partial charge in [0.2, 0.25) is 0 Å². The van der Waals surface area contributed by atoms with E-state index in [1.165, 1.54) is 0 Å². The van der Waals surface area contributed by atoms with Crippen LogP contribution < -0.4 is 5.32 Å². The second kappa shape index (κ2) is 4.04. The monoisotopic (exact) mass is 204 g/mol. The predicted octanol–water partition coefficient (Wildman–Crippen LogP) is 1.81. The van der Waals surface area contributed by atoms with E-state index < -0.39 is 6.10 Å². The number of benzene rings is 1. The first-order valence-corrected chi connectivity index (χ1v) is 5.15. The second-order valence-corrected chi connectivity index (χ2v) is 3.81. The van der Waals surface area contributed by atoms with Crippen LogP contribution in [-0.2, 0) is 0 Å². The van der Waals surface area contributed by atoms with Gasteiger partial charge in [-0.2, -0.15) is 0 Å². The van der Waals surface area contributed by atoms with Crippen molar-refractivity contribution in [3.8, 4) is 0 Å². The van der Waals surface area contributed by atoms with Crippen LogP contribution >= 0.6 is 0 Å². The number of aromatic amines is 1. The summed E-state index contributed by atoms with van der Waals surface area (Å²) in [6.07, 6.45) is 1.40. The molecule has 2 atom stereocenters. The van der Waals surface area contributed by atoms with Crippen LogP contribution in [-0.4, -0.2) is 23.2 Å². The number of hydrogen-bond donors (Lipinski definition) is 3. The fourth-order valence-electron chi connectivity index (χ4n) is 1.77. The van der Waals surface area contributed by atoms with Gasteiger partial charge >= 0.3 is 0 Å². The minimum Gasteiger partial charge on any atom is -0.387 e. The molecule has 0 unspecified atom stereocenters. The van der Waals surface area contributed by atoms with Crippen LogP contribution in [0.5, 0.6) is 0 Å². The van der Waals surface area contributed by atoms with Crippen molar-refractivity contribution in [1.29, 1.82) is 0 Å². The third-order valence-electron chi connectivity index (χ3n) is 2.87. The van der Waals surface area contributed by atoms with E-state index in [1.807, 2.05) is 44.4 Å².